The van der Waals surface area contributed by atoms with Crippen LogP contribution in [-0.4, -0.2) is 22.5 Å². The quantitative estimate of drug-likeness (QED) is 0.279. The molecule has 0 aliphatic carbocycles. The number of aldehydes is 1. The molecule has 0 radical (unpaired) electrons. The third-order valence-electron chi connectivity index (χ3n) is 2.68. The molecule has 0 aliphatic heterocycles. The van der Waals surface area contributed by atoms with Gasteiger partial charge in [0, 0.05) is 11.8 Å². The molecular formula is C15H17F3N2O. The lowest BCUT2D eigenvalue weighted by atomic mass is 10.1. The number of benzene rings is 1. The van der Waals surface area contributed by atoms with Crippen molar-refractivity contribution in [3.05, 3.63) is 47.4 Å². The van der Waals surface area contributed by atoms with E-state index >= 15 is 0 Å². The predicted octanol–water partition coefficient (Wildman–Crippen LogP) is 3.64. The fraction of sp³-hybridized carbons (Fsp3) is 0.333. The SMILES string of the molecule is C/C(=N\N(/C=C/C=O)C(C)(C)C)c1ccc(F)c(F)c1F. The molecule has 0 heterocycles. The van der Waals surface area contributed by atoms with Crippen molar-refractivity contribution in [3.63, 3.8) is 0 Å². The van der Waals surface area contributed by atoms with Crippen LogP contribution in [-0.2, 0) is 4.79 Å². The summed E-state index contributed by atoms with van der Waals surface area (Å²) in [5, 5.41) is 5.60. The molecule has 1 aromatic carbocycles. The summed E-state index contributed by atoms with van der Waals surface area (Å²) in [6, 6.07) is 1.96. The molecule has 114 valence electrons. The van der Waals surface area contributed by atoms with Crippen LogP contribution < -0.4 is 0 Å². The first-order chi connectivity index (χ1) is 9.68. The number of hydrazone groups is 1. The minimum atomic E-state index is -1.53. The molecule has 0 aliphatic rings. The largest absolute Gasteiger partial charge is 0.299 e. The number of carbonyl (C=O) groups is 1. The second-order valence-electron chi connectivity index (χ2n) is 5.40. The van der Waals surface area contributed by atoms with Crippen LogP contribution in [0, 0.1) is 17.5 Å². The highest BCUT2D eigenvalue weighted by Crippen LogP contribution is 2.19. The molecule has 21 heavy (non-hydrogen) atoms. The van der Waals surface area contributed by atoms with Crippen molar-refractivity contribution in [2.24, 2.45) is 5.10 Å². The first-order valence-electron chi connectivity index (χ1n) is 6.29. The average Bonchev–Trinajstić information content (AvgIpc) is 2.39. The van der Waals surface area contributed by atoms with E-state index in [1.807, 2.05) is 20.8 Å². The smallest absolute Gasteiger partial charge is 0.195 e. The van der Waals surface area contributed by atoms with Gasteiger partial charge in [-0.2, -0.15) is 5.10 Å². The zero-order chi connectivity index (χ0) is 16.2. The van der Waals surface area contributed by atoms with Crippen molar-refractivity contribution in [2.75, 3.05) is 0 Å². The van der Waals surface area contributed by atoms with Gasteiger partial charge in [0.2, 0.25) is 0 Å². The Labute approximate surface area is 121 Å². The molecule has 0 saturated carbocycles. The van der Waals surface area contributed by atoms with Gasteiger partial charge in [0.1, 0.15) is 6.29 Å². The van der Waals surface area contributed by atoms with Crippen molar-refractivity contribution < 1.29 is 18.0 Å². The van der Waals surface area contributed by atoms with Crippen LogP contribution in [0.25, 0.3) is 0 Å². The van der Waals surface area contributed by atoms with Gasteiger partial charge in [-0.3, -0.25) is 9.80 Å². The maximum atomic E-state index is 13.7. The van der Waals surface area contributed by atoms with Crippen molar-refractivity contribution in [2.45, 2.75) is 33.2 Å². The van der Waals surface area contributed by atoms with Crippen molar-refractivity contribution in [3.8, 4) is 0 Å². The van der Waals surface area contributed by atoms with E-state index in [0.29, 0.717) is 6.29 Å². The molecule has 0 unspecified atom stereocenters. The second kappa shape index (κ2) is 6.56. The van der Waals surface area contributed by atoms with Crippen LogP contribution in [0.2, 0.25) is 0 Å². The van der Waals surface area contributed by atoms with Gasteiger partial charge < -0.3 is 0 Å². The molecule has 0 aromatic heterocycles. The Morgan fingerprint density at radius 2 is 1.81 bits per heavy atom. The Kier molecular flexibility index (Phi) is 5.29. The Bertz CT molecular complexity index is 589. The molecule has 3 nitrogen and oxygen atoms in total. The zero-order valence-corrected chi connectivity index (χ0v) is 12.3. The van der Waals surface area contributed by atoms with Crippen LogP contribution in [0.15, 0.2) is 29.5 Å². The Balaban J connectivity index is 3.26. The van der Waals surface area contributed by atoms with E-state index in [1.54, 1.807) is 0 Å². The Hall–Kier alpha value is -2.11. The number of carbonyl (C=O) groups excluding carboxylic acids is 1. The number of hydrogen-bond acceptors (Lipinski definition) is 3. The van der Waals surface area contributed by atoms with Gasteiger partial charge in [0.05, 0.1) is 11.3 Å². The monoisotopic (exact) mass is 298 g/mol. The number of allylic oxidation sites excluding steroid dienone is 1. The molecular weight excluding hydrogens is 281 g/mol. The maximum absolute atomic E-state index is 13.7. The van der Waals surface area contributed by atoms with E-state index in [0.717, 1.165) is 12.1 Å². The standard InChI is InChI=1S/C15H17F3N2O/c1-10(11-6-7-12(16)14(18)13(11)17)19-20(8-5-9-21)15(2,3)4/h5-9H,1-4H3/b8-5+,19-10+. The van der Waals surface area contributed by atoms with E-state index in [2.05, 4.69) is 5.10 Å². The molecule has 0 fully saturated rings. The Morgan fingerprint density at radius 3 is 2.33 bits per heavy atom. The summed E-state index contributed by atoms with van der Waals surface area (Å²) in [5.74, 6) is -4.07. The van der Waals surface area contributed by atoms with E-state index in [1.165, 1.54) is 24.2 Å². The average molecular weight is 298 g/mol. The number of rotatable bonds is 4. The van der Waals surface area contributed by atoms with Crippen LogP contribution >= 0.6 is 0 Å². The summed E-state index contributed by atoms with van der Waals surface area (Å²) in [7, 11) is 0. The topological polar surface area (TPSA) is 32.7 Å². The summed E-state index contributed by atoms with van der Waals surface area (Å²) >= 11 is 0. The normalized spacial score (nSPS) is 12.8. The van der Waals surface area contributed by atoms with Crippen LogP contribution in [0.4, 0.5) is 13.2 Å². The Morgan fingerprint density at radius 1 is 1.19 bits per heavy atom. The second-order valence-corrected chi connectivity index (χ2v) is 5.40. The van der Waals surface area contributed by atoms with Crippen molar-refractivity contribution in [1.82, 2.24) is 5.01 Å². The van der Waals surface area contributed by atoms with Crippen LogP contribution in [0.3, 0.4) is 0 Å². The molecule has 1 rings (SSSR count). The van der Waals surface area contributed by atoms with Gasteiger partial charge in [0.25, 0.3) is 0 Å². The number of hydrogen-bond donors (Lipinski definition) is 0. The first-order valence-corrected chi connectivity index (χ1v) is 6.29. The van der Waals surface area contributed by atoms with Crippen molar-refractivity contribution in [1.29, 1.82) is 0 Å². The zero-order valence-electron chi connectivity index (χ0n) is 12.3. The highest BCUT2D eigenvalue weighted by atomic mass is 19.2. The lowest BCUT2D eigenvalue weighted by Gasteiger charge is -2.30. The molecule has 0 N–H and O–H groups in total. The molecule has 6 heteroatoms. The summed E-state index contributed by atoms with van der Waals surface area (Å²) < 4.78 is 39.9. The number of halogens is 3. The van der Waals surface area contributed by atoms with Gasteiger partial charge in [-0.25, -0.2) is 13.2 Å². The highest BCUT2D eigenvalue weighted by Gasteiger charge is 2.20. The number of nitrogens with zero attached hydrogens (tertiary/aromatic N) is 2. The fourth-order valence-corrected chi connectivity index (χ4v) is 1.54. The van der Waals surface area contributed by atoms with Gasteiger partial charge in [-0.1, -0.05) is 0 Å². The lowest BCUT2D eigenvalue weighted by Crippen LogP contribution is -2.34. The van der Waals surface area contributed by atoms with Gasteiger partial charge >= 0.3 is 0 Å². The van der Waals surface area contributed by atoms with E-state index in [9.17, 15) is 18.0 Å². The minimum Gasteiger partial charge on any atom is -0.299 e. The molecule has 0 atom stereocenters. The van der Waals surface area contributed by atoms with E-state index in [4.69, 9.17) is 0 Å². The molecule has 0 amide bonds. The third kappa shape index (κ3) is 4.18. The molecule has 0 saturated heterocycles. The van der Waals surface area contributed by atoms with Crippen LogP contribution in [0.5, 0.6) is 0 Å². The summed E-state index contributed by atoms with van der Waals surface area (Å²) in [5.41, 5.74) is -0.449. The minimum absolute atomic E-state index is 0.136. The molecule has 0 spiro atoms. The van der Waals surface area contributed by atoms with Crippen molar-refractivity contribution >= 4 is 12.0 Å². The maximum Gasteiger partial charge on any atom is 0.195 e. The van der Waals surface area contributed by atoms with E-state index < -0.39 is 23.0 Å². The summed E-state index contributed by atoms with van der Waals surface area (Å²) in [6.45, 7) is 6.98. The first kappa shape index (κ1) is 16.9. The molecule has 1 aromatic rings. The lowest BCUT2D eigenvalue weighted by molar-refractivity contribution is -0.104. The van der Waals surface area contributed by atoms with Crippen LogP contribution in [0.1, 0.15) is 33.3 Å². The highest BCUT2D eigenvalue weighted by molar-refractivity contribution is 5.98. The van der Waals surface area contributed by atoms with Gasteiger partial charge in [-0.15, -0.1) is 0 Å². The van der Waals surface area contributed by atoms with E-state index in [-0.39, 0.29) is 11.3 Å². The fourth-order valence-electron chi connectivity index (χ4n) is 1.54. The predicted molar refractivity (Wildman–Crippen MR) is 75.3 cm³/mol. The van der Waals surface area contributed by atoms with Gasteiger partial charge in [0.15, 0.2) is 17.5 Å². The summed E-state index contributed by atoms with van der Waals surface area (Å²) in [4.78, 5) is 10.4. The van der Waals surface area contributed by atoms with Gasteiger partial charge in [-0.05, 0) is 45.9 Å². The third-order valence-corrected chi connectivity index (χ3v) is 2.68. The molecule has 0 bridgehead atoms. The summed E-state index contributed by atoms with van der Waals surface area (Å²) in [6.07, 6.45) is 3.25.